The lowest BCUT2D eigenvalue weighted by Gasteiger charge is -2.45. The summed E-state index contributed by atoms with van der Waals surface area (Å²) < 4.78 is 51.3. The van der Waals surface area contributed by atoms with Gasteiger partial charge in [0.25, 0.3) is 0 Å². The number of aliphatic hydroxyl groups excluding tert-OH is 2. The Bertz CT molecular complexity index is 1620. The maximum absolute atomic E-state index is 13.2. The summed E-state index contributed by atoms with van der Waals surface area (Å²) in [5.41, 5.74) is 4.89. The molecule has 0 spiro atoms. The lowest BCUT2D eigenvalue weighted by Crippen LogP contribution is -2.64. The van der Waals surface area contributed by atoms with E-state index in [2.05, 4.69) is 31.6 Å². The number of carboxylic acid groups (broad SMARTS) is 1. The lowest BCUT2D eigenvalue weighted by molar-refractivity contribution is -0.248. The maximum Gasteiger partial charge on any atom is 0.416 e. The van der Waals surface area contributed by atoms with Crippen LogP contribution in [0.3, 0.4) is 0 Å². The number of carbonyl (C=O) groups is 6. The molecule has 3 rings (SSSR count). The van der Waals surface area contributed by atoms with Crippen molar-refractivity contribution in [3.63, 3.8) is 0 Å². The van der Waals surface area contributed by atoms with Crippen molar-refractivity contribution >= 4 is 35.5 Å². The molecule has 292 valence electrons. The number of aliphatic hydroxyl groups is 2. The minimum Gasteiger partial charge on any atom is -0.481 e. The Morgan fingerprint density at radius 1 is 1.08 bits per heavy atom. The normalized spacial score (nSPS) is 21.8. The van der Waals surface area contributed by atoms with Crippen LogP contribution in [0.5, 0.6) is 0 Å². The zero-order valence-electron chi connectivity index (χ0n) is 28.7. The van der Waals surface area contributed by atoms with Gasteiger partial charge in [0.05, 0.1) is 31.3 Å². The van der Waals surface area contributed by atoms with E-state index in [1.807, 2.05) is 0 Å². The van der Waals surface area contributed by atoms with Crippen molar-refractivity contribution in [2.24, 2.45) is 5.73 Å². The van der Waals surface area contributed by atoms with Gasteiger partial charge in [-0.2, -0.15) is 13.2 Å². The molecule has 1 aliphatic heterocycles. The largest absolute Gasteiger partial charge is 0.481 e. The summed E-state index contributed by atoms with van der Waals surface area (Å²) >= 11 is 0. The van der Waals surface area contributed by atoms with E-state index in [4.69, 9.17) is 20.3 Å². The fourth-order valence-corrected chi connectivity index (χ4v) is 5.29. The molecule has 5 amide bonds. The second-order valence-electron chi connectivity index (χ2n) is 12.2. The SMILES string of the molecule is CC(=O)N[C@@H]1[C@@H](O[C@H](C)C(=O)N[C@@H](C)C(=O)N[C@H](CCC(=O)O)C(N)=O)[C@H](n2cc(CNC(=O)Cc3ccc(C(F)(F)F)cc3)nn2)[C@@H](CO)O[C@H]1O. The van der Waals surface area contributed by atoms with E-state index in [-0.39, 0.29) is 25.1 Å². The Kier molecular flexibility index (Phi) is 14.8. The average molecular weight is 759 g/mol. The first-order valence-electron chi connectivity index (χ1n) is 16.1. The number of rotatable bonds is 17. The molecule has 53 heavy (non-hydrogen) atoms. The summed E-state index contributed by atoms with van der Waals surface area (Å²) in [7, 11) is 0. The van der Waals surface area contributed by atoms with Crippen molar-refractivity contribution in [3.8, 4) is 0 Å². The van der Waals surface area contributed by atoms with Crippen molar-refractivity contribution in [1.29, 1.82) is 0 Å². The van der Waals surface area contributed by atoms with Crippen molar-refractivity contribution in [2.75, 3.05) is 6.61 Å². The molecule has 0 radical (unpaired) electrons. The first kappa shape index (κ1) is 42.2. The number of nitrogens with zero attached hydrogens (tertiary/aromatic N) is 3. The van der Waals surface area contributed by atoms with Crippen molar-refractivity contribution in [3.05, 3.63) is 47.3 Å². The number of nitrogens with one attached hydrogen (secondary N) is 4. The van der Waals surface area contributed by atoms with Crippen LogP contribution >= 0.6 is 0 Å². The fraction of sp³-hybridized carbons (Fsp3) is 0.548. The number of aliphatic carboxylic acids is 1. The molecule has 1 fully saturated rings. The highest BCUT2D eigenvalue weighted by molar-refractivity contribution is 5.92. The predicted octanol–water partition coefficient (Wildman–Crippen LogP) is -1.98. The molecule has 0 aliphatic carbocycles. The summed E-state index contributed by atoms with van der Waals surface area (Å²) in [6.07, 6.45) is -9.95. The van der Waals surface area contributed by atoms with Crippen LogP contribution in [0.15, 0.2) is 30.5 Å². The van der Waals surface area contributed by atoms with Gasteiger partial charge in [-0.15, -0.1) is 5.10 Å². The summed E-state index contributed by atoms with van der Waals surface area (Å²) in [6.45, 7) is 2.80. The van der Waals surface area contributed by atoms with Gasteiger partial charge in [-0.3, -0.25) is 28.8 Å². The minimum atomic E-state index is -4.53. The quantitative estimate of drug-likeness (QED) is 0.0870. The van der Waals surface area contributed by atoms with Crippen LogP contribution in [0.25, 0.3) is 0 Å². The van der Waals surface area contributed by atoms with E-state index in [1.54, 1.807) is 0 Å². The number of aromatic nitrogens is 3. The number of nitrogens with two attached hydrogens (primary N) is 1. The van der Waals surface area contributed by atoms with E-state index in [9.17, 15) is 52.2 Å². The van der Waals surface area contributed by atoms with Gasteiger partial charge in [0.1, 0.15) is 48.2 Å². The Morgan fingerprint density at radius 2 is 1.74 bits per heavy atom. The van der Waals surface area contributed by atoms with Crippen LogP contribution in [-0.4, -0.2) is 115 Å². The second-order valence-corrected chi connectivity index (χ2v) is 12.2. The van der Waals surface area contributed by atoms with Gasteiger partial charge in [-0.25, -0.2) is 4.68 Å². The molecule has 1 aromatic carbocycles. The number of ether oxygens (including phenoxy) is 2. The van der Waals surface area contributed by atoms with E-state index < -0.39 is 109 Å². The zero-order valence-corrected chi connectivity index (χ0v) is 28.7. The highest BCUT2D eigenvalue weighted by Gasteiger charge is 2.49. The smallest absolute Gasteiger partial charge is 0.416 e. The molecule has 1 aromatic heterocycles. The van der Waals surface area contributed by atoms with Crippen molar-refractivity contribution < 1.29 is 66.7 Å². The molecule has 0 unspecified atom stereocenters. The van der Waals surface area contributed by atoms with E-state index in [1.165, 1.54) is 36.9 Å². The number of halogens is 3. The minimum absolute atomic E-state index is 0.173. The van der Waals surface area contributed by atoms with E-state index in [0.717, 1.165) is 19.1 Å². The standard InChI is InChI=1S/C31H41F3N8O11/c1-14(28(49)39-20(27(35)48)8-9-23(46)47)37-29(50)15(2)52-26-24(38-16(3)44)30(51)53-21(13-43)25(26)42-12-19(40-41-42)11-36-22(45)10-17-4-6-18(7-5-17)31(32,33)34/h4-7,12,14-15,20-21,24-26,30,43,51H,8-11,13H2,1-3H3,(H2,35,48)(H,36,45)(H,37,50)(H,38,44)(H,39,49)(H,46,47)/t14-,15+,20+,21+,24+,25+,26+,30+/m0/s1. The average Bonchev–Trinajstić information content (AvgIpc) is 3.54. The van der Waals surface area contributed by atoms with Crippen LogP contribution < -0.4 is 27.0 Å². The van der Waals surface area contributed by atoms with Gasteiger partial charge in [0.2, 0.25) is 29.5 Å². The number of alkyl halides is 3. The van der Waals surface area contributed by atoms with Crippen LogP contribution in [0.1, 0.15) is 56.5 Å². The van der Waals surface area contributed by atoms with Crippen molar-refractivity contribution in [2.45, 2.75) is 102 Å². The van der Waals surface area contributed by atoms with Gasteiger partial charge in [-0.05, 0) is 38.0 Å². The number of carboxylic acids is 1. The van der Waals surface area contributed by atoms with Gasteiger partial charge in [-0.1, -0.05) is 17.3 Å². The molecular weight excluding hydrogens is 717 g/mol. The second kappa shape index (κ2) is 18.5. The summed E-state index contributed by atoms with van der Waals surface area (Å²) in [6, 6.07) is -1.06. The molecule has 2 aromatic rings. The van der Waals surface area contributed by atoms with Gasteiger partial charge < -0.3 is 51.8 Å². The summed E-state index contributed by atoms with van der Waals surface area (Å²) in [4.78, 5) is 73.1. The third-order valence-electron chi connectivity index (χ3n) is 8.01. The molecule has 1 saturated heterocycles. The van der Waals surface area contributed by atoms with Crippen LogP contribution in [0.4, 0.5) is 13.2 Å². The molecule has 0 saturated carbocycles. The fourth-order valence-electron chi connectivity index (χ4n) is 5.29. The van der Waals surface area contributed by atoms with Crippen LogP contribution in [-0.2, 0) is 57.4 Å². The first-order valence-corrected chi connectivity index (χ1v) is 16.1. The van der Waals surface area contributed by atoms with Gasteiger partial charge in [0, 0.05) is 13.3 Å². The monoisotopic (exact) mass is 758 g/mol. The number of benzene rings is 1. The third kappa shape index (κ3) is 12.2. The highest BCUT2D eigenvalue weighted by atomic mass is 19.4. The molecule has 1 aliphatic rings. The molecule has 19 nitrogen and oxygen atoms in total. The topological polar surface area (TPSA) is 286 Å². The van der Waals surface area contributed by atoms with E-state index >= 15 is 0 Å². The Labute approximate surface area is 299 Å². The lowest BCUT2D eigenvalue weighted by atomic mass is 9.93. The molecule has 22 heteroatoms. The van der Waals surface area contributed by atoms with E-state index in [0.29, 0.717) is 5.56 Å². The Hall–Kier alpha value is -5.19. The summed E-state index contributed by atoms with van der Waals surface area (Å²) in [5.74, 6) is -5.12. The highest BCUT2D eigenvalue weighted by Crippen LogP contribution is 2.32. The molecule has 2 heterocycles. The number of carbonyl (C=O) groups excluding carboxylic acids is 5. The Morgan fingerprint density at radius 3 is 2.30 bits per heavy atom. The first-order chi connectivity index (χ1) is 24.8. The van der Waals surface area contributed by atoms with Crippen LogP contribution in [0, 0.1) is 0 Å². The summed E-state index contributed by atoms with van der Waals surface area (Å²) in [5, 5.41) is 47.5. The van der Waals surface area contributed by atoms with Crippen molar-refractivity contribution in [1.82, 2.24) is 36.3 Å². The number of amides is 5. The molecule has 9 N–H and O–H groups in total. The molecular formula is C31H41F3N8O11. The zero-order chi connectivity index (χ0) is 39.6. The molecule has 8 atom stereocenters. The molecule has 0 bridgehead atoms. The Balaban J connectivity index is 1.74. The van der Waals surface area contributed by atoms with Gasteiger partial charge >= 0.3 is 12.1 Å². The maximum atomic E-state index is 13.2. The number of hydrogen-bond donors (Lipinski definition) is 8. The van der Waals surface area contributed by atoms with Crippen LogP contribution in [0.2, 0.25) is 0 Å². The predicted molar refractivity (Wildman–Crippen MR) is 172 cm³/mol. The van der Waals surface area contributed by atoms with Gasteiger partial charge in [0.15, 0.2) is 6.29 Å². The number of hydrogen-bond acceptors (Lipinski definition) is 12. The number of primary amides is 1. The third-order valence-corrected chi connectivity index (χ3v) is 8.01.